The summed E-state index contributed by atoms with van der Waals surface area (Å²) in [6, 6.07) is 20.5. The Hall–Kier alpha value is -2.33. The van der Waals surface area contributed by atoms with Gasteiger partial charge in [-0.3, -0.25) is 0 Å². The number of carbonyl (C=O) groups is 1. The fraction of sp³-hybridized carbons (Fsp3) is 0.519. The second kappa shape index (κ2) is 10.3. The average molecular weight is 424 g/mol. The van der Waals surface area contributed by atoms with E-state index in [1.54, 1.807) is 4.90 Å². The summed E-state index contributed by atoms with van der Waals surface area (Å²) >= 11 is 0. The van der Waals surface area contributed by atoms with Crippen molar-refractivity contribution in [1.82, 2.24) is 4.90 Å². The average Bonchev–Trinajstić information content (AvgIpc) is 2.74. The second-order valence-electron chi connectivity index (χ2n) is 9.77. The van der Waals surface area contributed by atoms with Crippen molar-refractivity contribution in [2.24, 2.45) is 0 Å². The van der Waals surface area contributed by atoms with Crippen LogP contribution in [0.4, 0.5) is 4.79 Å². The van der Waals surface area contributed by atoms with Crippen molar-refractivity contribution >= 4 is 6.09 Å². The van der Waals surface area contributed by atoms with Crippen molar-refractivity contribution in [2.45, 2.75) is 83.0 Å². The first-order chi connectivity index (χ1) is 14.8. The van der Waals surface area contributed by atoms with E-state index in [-0.39, 0.29) is 17.6 Å². The number of hydrogen-bond donors (Lipinski definition) is 1. The summed E-state index contributed by atoms with van der Waals surface area (Å²) in [7, 11) is 0. The predicted molar refractivity (Wildman–Crippen MR) is 125 cm³/mol. The summed E-state index contributed by atoms with van der Waals surface area (Å²) < 4.78 is 5.68. The molecule has 2 aromatic rings. The Bertz CT molecular complexity index is 815. The maximum absolute atomic E-state index is 12.9. The molecule has 1 amide bonds. The normalized spacial score (nSPS) is 21.5. The van der Waals surface area contributed by atoms with Gasteiger partial charge in [0.25, 0.3) is 0 Å². The zero-order valence-corrected chi connectivity index (χ0v) is 19.2. The molecule has 3 rings (SSSR count). The molecule has 0 radical (unpaired) electrons. The maximum Gasteiger partial charge on any atom is 0.410 e. The second-order valence-corrected chi connectivity index (χ2v) is 9.77. The van der Waals surface area contributed by atoms with Gasteiger partial charge < -0.3 is 14.7 Å². The molecule has 2 unspecified atom stereocenters. The third-order valence-corrected chi connectivity index (χ3v) is 6.26. The Labute approximate surface area is 187 Å². The largest absolute Gasteiger partial charge is 0.444 e. The van der Waals surface area contributed by atoms with Crippen molar-refractivity contribution in [3.63, 3.8) is 0 Å². The minimum atomic E-state index is -0.531. The van der Waals surface area contributed by atoms with E-state index in [0.717, 1.165) is 44.1 Å². The summed E-state index contributed by atoms with van der Waals surface area (Å²) in [4.78, 5) is 14.7. The number of carbonyl (C=O) groups excluding carboxylic acids is 1. The zero-order chi connectivity index (χ0) is 22.3. The monoisotopic (exact) mass is 423 g/mol. The highest BCUT2D eigenvalue weighted by Crippen LogP contribution is 2.43. The molecule has 0 heterocycles. The summed E-state index contributed by atoms with van der Waals surface area (Å²) in [5.74, 6) is 0. The number of nitrogens with zero attached hydrogens (tertiary/aromatic N) is 1. The molecule has 1 N–H and O–H groups in total. The SMILES string of the molecule is CC(C)(C)OC(=O)N(CCCC1(c2ccccc2)CCCCC1O)Cc1ccccc1. The molecular weight excluding hydrogens is 386 g/mol. The zero-order valence-electron chi connectivity index (χ0n) is 19.2. The lowest BCUT2D eigenvalue weighted by molar-refractivity contribution is 0.0181. The van der Waals surface area contributed by atoms with Crippen LogP contribution < -0.4 is 0 Å². The first kappa shape index (κ1) is 23.3. The van der Waals surface area contributed by atoms with Crippen molar-refractivity contribution in [1.29, 1.82) is 0 Å². The summed E-state index contributed by atoms with van der Waals surface area (Å²) in [5.41, 5.74) is 1.54. The summed E-state index contributed by atoms with van der Waals surface area (Å²) in [5, 5.41) is 11.0. The molecule has 4 heteroatoms. The Morgan fingerprint density at radius 3 is 2.32 bits per heavy atom. The first-order valence-electron chi connectivity index (χ1n) is 11.6. The van der Waals surface area contributed by atoms with Crippen LogP contribution in [0.1, 0.15) is 70.4 Å². The third kappa shape index (κ3) is 6.33. The van der Waals surface area contributed by atoms with Gasteiger partial charge in [0, 0.05) is 18.5 Å². The highest BCUT2D eigenvalue weighted by Gasteiger charge is 2.41. The number of amides is 1. The van der Waals surface area contributed by atoms with Crippen LogP contribution >= 0.6 is 0 Å². The predicted octanol–water partition coefficient (Wildman–Crippen LogP) is 6.08. The van der Waals surface area contributed by atoms with Gasteiger partial charge in [0.05, 0.1) is 6.10 Å². The highest BCUT2D eigenvalue weighted by atomic mass is 16.6. The smallest absolute Gasteiger partial charge is 0.410 e. The van der Waals surface area contributed by atoms with Crippen molar-refractivity contribution in [2.75, 3.05) is 6.54 Å². The van der Waals surface area contributed by atoms with E-state index in [9.17, 15) is 9.90 Å². The van der Waals surface area contributed by atoms with Crippen LogP contribution in [-0.4, -0.2) is 34.3 Å². The Morgan fingerprint density at radius 2 is 1.71 bits per heavy atom. The van der Waals surface area contributed by atoms with E-state index in [2.05, 4.69) is 24.3 Å². The molecule has 0 spiro atoms. The van der Waals surface area contributed by atoms with Crippen molar-refractivity contribution in [3.05, 3.63) is 71.8 Å². The van der Waals surface area contributed by atoms with Gasteiger partial charge in [0.15, 0.2) is 0 Å². The van der Waals surface area contributed by atoms with Gasteiger partial charge in [-0.05, 0) is 57.6 Å². The lowest BCUT2D eigenvalue weighted by Crippen LogP contribution is -2.43. The Balaban J connectivity index is 1.73. The quantitative estimate of drug-likeness (QED) is 0.587. The molecule has 1 fully saturated rings. The van der Waals surface area contributed by atoms with Crippen LogP contribution in [0.15, 0.2) is 60.7 Å². The minimum Gasteiger partial charge on any atom is -0.444 e. The van der Waals surface area contributed by atoms with E-state index >= 15 is 0 Å². The minimum absolute atomic E-state index is 0.230. The van der Waals surface area contributed by atoms with E-state index in [1.165, 1.54) is 5.56 Å². The van der Waals surface area contributed by atoms with Gasteiger partial charge in [0.2, 0.25) is 0 Å². The summed E-state index contributed by atoms with van der Waals surface area (Å²) in [6.07, 6.45) is 5.09. The number of aliphatic hydroxyl groups excluding tert-OH is 1. The molecule has 4 nitrogen and oxygen atoms in total. The number of rotatable bonds is 7. The van der Waals surface area contributed by atoms with Crippen LogP contribution in [-0.2, 0) is 16.7 Å². The molecule has 0 bridgehead atoms. The molecule has 0 aliphatic heterocycles. The van der Waals surface area contributed by atoms with Gasteiger partial charge in [0.1, 0.15) is 5.60 Å². The Kier molecular flexibility index (Phi) is 7.77. The van der Waals surface area contributed by atoms with Crippen LogP contribution in [0.3, 0.4) is 0 Å². The maximum atomic E-state index is 12.9. The molecular formula is C27H37NO3. The molecule has 1 saturated carbocycles. The molecule has 1 aliphatic rings. The van der Waals surface area contributed by atoms with Gasteiger partial charge in [-0.25, -0.2) is 4.79 Å². The van der Waals surface area contributed by atoms with Gasteiger partial charge in [-0.2, -0.15) is 0 Å². The van der Waals surface area contributed by atoms with Crippen LogP contribution in [0.2, 0.25) is 0 Å². The Morgan fingerprint density at radius 1 is 1.06 bits per heavy atom. The molecule has 168 valence electrons. The van der Waals surface area contributed by atoms with E-state index in [1.807, 2.05) is 57.2 Å². The number of ether oxygens (including phenoxy) is 1. The van der Waals surface area contributed by atoms with Gasteiger partial charge in [-0.15, -0.1) is 0 Å². The molecule has 2 atom stereocenters. The molecule has 0 aromatic heterocycles. The van der Waals surface area contributed by atoms with Gasteiger partial charge >= 0.3 is 6.09 Å². The molecule has 0 saturated heterocycles. The molecule has 31 heavy (non-hydrogen) atoms. The van der Waals surface area contributed by atoms with Crippen molar-refractivity contribution in [3.8, 4) is 0 Å². The van der Waals surface area contributed by atoms with Crippen LogP contribution in [0, 0.1) is 0 Å². The lowest BCUT2D eigenvalue weighted by atomic mass is 9.65. The van der Waals surface area contributed by atoms with Crippen LogP contribution in [0.5, 0.6) is 0 Å². The van der Waals surface area contributed by atoms with E-state index in [0.29, 0.717) is 13.1 Å². The van der Waals surface area contributed by atoms with E-state index < -0.39 is 5.60 Å². The highest BCUT2D eigenvalue weighted by molar-refractivity contribution is 5.68. The number of benzene rings is 2. The fourth-order valence-corrected chi connectivity index (χ4v) is 4.71. The van der Waals surface area contributed by atoms with Gasteiger partial charge in [-0.1, -0.05) is 73.5 Å². The third-order valence-electron chi connectivity index (χ3n) is 6.26. The molecule has 1 aliphatic carbocycles. The van der Waals surface area contributed by atoms with Crippen molar-refractivity contribution < 1.29 is 14.6 Å². The van der Waals surface area contributed by atoms with E-state index in [4.69, 9.17) is 4.74 Å². The topological polar surface area (TPSA) is 49.8 Å². The number of aliphatic hydroxyl groups is 1. The first-order valence-corrected chi connectivity index (χ1v) is 11.6. The summed E-state index contributed by atoms with van der Waals surface area (Å²) in [6.45, 7) is 6.82. The van der Waals surface area contributed by atoms with Crippen LogP contribution in [0.25, 0.3) is 0 Å². The standard InChI is InChI=1S/C27H37NO3/c1-26(2,3)31-25(30)28(21-22-13-6-4-7-14-22)20-12-19-27(18-11-10-17-24(27)29)23-15-8-5-9-16-23/h4-9,13-16,24,29H,10-12,17-21H2,1-3H3. The molecule has 2 aromatic carbocycles. The fourth-order valence-electron chi connectivity index (χ4n) is 4.71. The number of hydrogen-bond acceptors (Lipinski definition) is 3. The lowest BCUT2D eigenvalue weighted by Gasteiger charge is -2.42.